The molecule has 2 aromatic carbocycles. The molecule has 0 saturated carbocycles. The molecule has 1 amide bonds. The van der Waals surface area contributed by atoms with Gasteiger partial charge in [-0.1, -0.05) is 53.5 Å². The van der Waals surface area contributed by atoms with E-state index < -0.39 is 0 Å². The zero-order valence-corrected chi connectivity index (χ0v) is 16.9. The lowest BCUT2D eigenvalue weighted by molar-refractivity contribution is -0.115. The lowest BCUT2D eigenvalue weighted by atomic mass is 10.1. The van der Waals surface area contributed by atoms with Crippen molar-refractivity contribution in [3.05, 3.63) is 70.5 Å². The van der Waals surface area contributed by atoms with Gasteiger partial charge in [0.2, 0.25) is 5.91 Å². The van der Waals surface area contributed by atoms with Gasteiger partial charge in [0.1, 0.15) is 10.9 Å². The first kappa shape index (κ1) is 19.7. The molecule has 3 rings (SSSR count). The van der Waals surface area contributed by atoms with Crippen LogP contribution in [0.5, 0.6) is 0 Å². The smallest absolute Gasteiger partial charge is 0.225 e. The van der Waals surface area contributed by atoms with Gasteiger partial charge < -0.3 is 5.32 Å². The number of hydrogen-bond donors (Lipinski definition) is 1. The van der Waals surface area contributed by atoms with Crippen LogP contribution in [0.2, 0.25) is 10.0 Å². The number of carbonyl (C=O) groups excluding carboxylic acids is 1. The van der Waals surface area contributed by atoms with E-state index in [2.05, 4.69) is 15.3 Å². The third kappa shape index (κ3) is 5.70. The fourth-order valence-electron chi connectivity index (χ4n) is 2.43. The van der Waals surface area contributed by atoms with Crippen LogP contribution in [0.3, 0.4) is 0 Å². The van der Waals surface area contributed by atoms with Gasteiger partial charge in [-0.15, -0.1) is 11.8 Å². The van der Waals surface area contributed by atoms with Gasteiger partial charge in [-0.25, -0.2) is 9.97 Å². The van der Waals surface area contributed by atoms with Crippen molar-refractivity contribution < 1.29 is 4.79 Å². The van der Waals surface area contributed by atoms with Crippen LogP contribution in [0, 0.1) is 6.92 Å². The lowest BCUT2D eigenvalue weighted by Gasteiger charge is -2.08. The predicted molar refractivity (Wildman–Crippen MR) is 113 cm³/mol. The number of aryl methyl sites for hydroxylation is 1. The van der Waals surface area contributed by atoms with Crippen LogP contribution in [-0.2, 0) is 4.79 Å². The normalized spacial score (nSPS) is 10.6. The topological polar surface area (TPSA) is 54.9 Å². The number of aromatic nitrogens is 2. The van der Waals surface area contributed by atoms with Gasteiger partial charge in [0.05, 0.1) is 16.4 Å². The highest BCUT2D eigenvalue weighted by Gasteiger charge is 2.09. The van der Waals surface area contributed by atoms with Gasteiger partial charge in [-0.2, -0.15) is 0 Å². The molecule has 0 bridgehead atoms. The molecule has 0 saturated heterocycles. The van der Waals surface area contributed by atoms with Crippen LogP contribution in [0.15, 0.2) is 59.6 Å². The van der Waals surface area contributed by atoms with Crippen LogP contribution in [0.25, 0.3) is 11.3 Å². The summed E-state index contributed by atoms with van der Waals surface area (Å²) in [6.45, 7) is 1.87. The summed E-state index contributed by atoms with van der Waals surface area (Å²) in [7, 11) is 0. The Morgan fingerprint density at radius 2 is 1.85 bits per heavy atom. The Hall–Kier alpha value is -2.08. The summed E-state index contributed by atoms with van der Waals surface area (Å²) < 4.78 is 0. The lowest BCUT2D eigenvalue weighted by Crippen LogP contribution is -2.12. The van der Waals surface area contributed by atoms with Crippen LogP contribution < -0.4 is 5.32 Å². The van der Waals surface area contributed by atoms with Crippen molar-refractivity contribution >= 4 is 46.6 Å². The number of anilines is 1. The molecule has 0 fully saturated rings. The maximum atomic E-state index is 12.2. The molecule has 0 aliphatic heterocycles. The predicted octanol–water partition coefficient (Wildman–Crippen LogP) is 5.88. The first-order valence-corrected chi connectivity index (χ1v) is 10.0. The van der Waals surface area contributed by atoms with Crippen LogP contribution in [0.1, 0.15) is 12.2 Å². The van der Waals surface area contributed by atoms with E-state index in [9.17, 15) is 4.79 Å². The van der Waals surface area contributed by atoms with Crippen molar-refractivity contribution in [3.8, 4) is 11.3 Å². The average molecular weight is 418 g/mol. The monoisotopic (exact) mass is 417 g/mol. The third-order valence-corrected chi connectivity index (χ3v) is 5.14. The van der Waals surface area contributed by atoms with E-state index in [0.717, 1.165) is 16.3 Å². The molecule has 0 radical (unpaired) electrons. The maximum Gasteiger partial charge on any atom is 0.225 e. The highest BCUT2D eigenvalue weighted by atomic mass is 35.5. The van der Waals surface area contributed by atoms with Gasteiger partial charge in [0.25, 0.3) is 0 Å². The molecule has 0 unspecified atom stereocenters. The number of hydrogen-bond acceptors (Lipinski definition) is 4. The number of carbonyl (C=O) groups is 1. The molecule has 0 atom stereocenters. The minimum atomic E-state index is -0.124. The van der Waals surface area contributed by atoms with Crippen LogP contribution in [-0.4, -0.2) is 21.6 Å². The number of benzene rings is 2. The highest BCUT2D eigenvalue weighted by Crippen LogP contribution is 2.26. The average Bonchev–Trinajstić information content (AvgIpc) is 2.65. The van der Waals surface area contributed by atoms with E-state index in [1.807, 2.05) is 43.3 Å². The maximum absolute atomic E-state index is 12.2. The molecule has 4 nitrogen and oxygen atoms in total. The Kier molecular flexibility index (Phi) is 6.72. The van der Waals surface area contributed by atoms with Crippen LogP contribution in [0.4, 0.5) is 5.69 Å². The van der Waals surface area contributed by atoms with Crippen molar-refractivity contribution in [2.24, 2.45) is 0 Å². The van der Waals surface area contributed by atoms with Crippen molar-refractivity contribution in [1.29, 1.82) is 0 Å². The van der Waals surface area contributed by atoms with E-state index in [-0.39, 0.29) is 5.91 Å². The number of thioether (sulfide) groups is 1. The van der Waals surface area contributed by atoms with Gasteiger partial charge >= 0.3 is 0 Å². The second-order valence-electron chi connectivity index (χ2n) is 5.78. The summed E-state index contributed by atoms with van der Waals surface area (Å²) in [5, 5.41) is 4.61. The molecule has 1 aromatic heterocycles. The molecule has 0 spiro atoms. The van der Waals surface area contributed by atoms with Crippen molar-refractivity contribution in [2.75, 3.05) is 11.1 Å². The first-order chi connectivity index (χ1) is 13.0. The molecule has 138 valence electrons. The zero-order chi connectivity index (χ0) is 19.2. The summed E-state index contributed by atoms with van der Waals surface area (Å²) in [6.07, 6.45) is 0.331. The van der Waals surface area contributed by atoms with E-state index in [0.29, 0.717) is 33.7 Å². The molecular weight excluding hydrogens is 401 g/mol. The minimum Gasteiger partial charge on any atom is -0.325 e. The Morgan fingerprint density at radius 1 is 1.07 bits per heavy atom. The zero-order valence-electron chi connectivity index (χ0n) is 14.6. The van der Waals surface area contributed by atoms with Gasteiger partial charge in [0, 0.05) is 22.8 Å². The fourth-order valence-corrected chi connectivity index (χ4v) is 3.65. The molecule has 0 aliphatic carbocycles. The fraction of sp³-hybridized carbons (Fsp3) is 0.150. The Morgan fingerprint density at radius 3 is 2.63 bits per heavy atom. The summed E-state index contributed by atoms with van der Waals surface area (Å²) in [5.41, 5.74) is 2.43. The number of nitrogens with one attached hydrogen (secondary N) is 1. The molecule has 7 heteroatoms. The van der Waals surface area contributed by atoms with Crippen molar-refractivity contribution in [3.63, 3.8) is 0 Å². The van der Waals surface area contributed by atoms with E-state index in [4.69, 9.17) is 23.2 Å². The SMILES string of the molecule is Cc1nc(SCCC(=O)Nc2cc(Cl)ccc2Cl)cc(-c2ccccc2)n1. The molecular formula is C20H17Cl2N3OS. The Balaban J connectivity index is 1.59. The van der Waals surface area contributed by atoms with E-state index in [1.165, 1.54) is 11.8 Å². The standard InChI is InChI=1S/C20H17Cl2N3OS/c1-13-23-17(14-5-3-2-4-6-14)12-20(24-13)27-10-9-19(26)25-18-11-15(21)7-8-16(18)22/h2-8,11-12H,9-10H2,1H3,(H,25,26). The minimum absolute atomic E-state index is 0.124. The van der Waals surface area contributed by atoms with Gasteiger partial charge in [0.15, 0.2) is 0 Å². The van der Waals surface area contributed by atoms with Crippen molar-refractivity contribution in [2.45, 2.75) is 18.4 Å². The summed E-state index contributed by atoms with van der Waals surface area (Å²) >= 11 is 13.5. The molecule has 3 aromatic rings. The number of rotatable bonds is 6. The van der Waals surface area contributed by atoms with Gasteiger partial charge in [-0.05, 0) is 31.2 Å². The molecule has 1 heterocycles. The van der Waals surface area contributed by atoms with Crippen LogP contribution >= 0.6 is 35.0 Å². The highest BCUT2D eigenvalue weighted by molar-refractivity contribution is 7.99. The quantitative estimate of drug-likeness (QED) is 0.401. The molecule has 1 N–H and O–H groups in total. The van der Waals surface area contributed by atoms with E-state index in [1.54, 1.807) is 18.2 Å². The number of amides is 1. The van der Waals surface area contributed by atoms with Crippen molar-refractivity contribution in [1.82, 2.24) is 9.97 Å². The van der Waals surface area contributed by atoms with E-state index >= 15 is 0 Å². The largest absolute Gasteiger partial charge is 0.325 e. The molecule has 0 aliphatic rings. The van der Waals surface area contributed by atoms with Gasteiger partial charge in [-0.3, -0.25) is 4.79 Å². The molecule has 27 heavy (non-hydrogen) atoms. The number of nitrogens with zero attached hydrogens (tertiary/aromatic N) is 2. The number of halogens is 2. The summed E-state index contributed by atoms with van der Waals surface area (Å²) in [5.74, 6) is 1.17. The Bertz CT molecular complexity index is 951. The Labute approximate surface area is 172 Å². The second kappa shape index (κ2) is 9.22. The summed E-state index contributed by atoms with van der Waals surface area (Å²) in [6, 6.07) is 16.9. The summed E-state index contributed by atoms with van der Waals surface area (Å²) in [4.78, 5) is 21.1. The third-order valence-electron chi connectivity index (χ3n) is 3.67. The first-order valence-electron chi connectivity index (χ1n) is 8.30. The second-order valence-corrected chi connectivity index (χ2v) is 7.73.